The molecule has 1 saturated heterocycles. The zero-order chi connectivity index (χ0) is 19.6. The number of carboxylic acids is 1. The number of carbonyl (C=O) groups is 3. The lowest BCUT2D eigenvalue weighted by atomic mass is 9.96. The molecule has 1 fully saturated rings. The van der Waals surface area contributed by atoms with Crippen molar-refractivity contribution in [2.75, 3.05) is 18.4 Å². The van der Waals surface area contributed by atoms with Gasteiger partial charge in [-0.1, -0.05) is 0 Å². The van der Waals surface area contributed by atoms with Gasteiger partial charge < -0.3 is 19.7 Å². The van der Waals surface area contributed by atoms with E-state index in [0.29, 0.717) is 54.3 Å². The maximum Gasteiger partial charge on any atom is 0.306 e. The van der Waals surface area contributed by atoms with Crippen molar-refractivity contribution < 1.29 is 23.9 Å². The van der Waals surface area contributed by atoms with Crippen LogP contribution >= 0.6 is 0 Å². The number of anilines is 1. The molecular formula is C20H22N2O5. The predicted molar refractivity (Wildman–Crippen MR) is 98.8 cm³/mol. The van der Waals surface area contributed by atoms with Gasteiger partial charge in [-0.25, -0.2) is 0 Å². The zero-order valence-electron chi connectivity index (χ0n) is 15.3. The molecule has 1 aliphatic heterocycles. The minimum Gasteiger partial charge on any atom is -0.481 e. The second-order valence-electron chi connectivity index (χ2n) is 6.76. The van der Waals surface area contributed by atoms with Gasteiger partial charge in [0.2, 0.25) is 0 Å². The van der Waals surface area contributed by atoms with Crippen LogP contribution in [0.1, 0.15) is 45.1 Å². The summed E-state index contributed by atoms with van der Waals surface area (Å²) in [5, 5.41) is 11.8. The summed E-state index contributed by atoms with van der Waals surface area (Å²) in [5.41, 5.74) is 1.57. The van der Waals surface area contributed by atoms with Crippen LogP contribution in [0.2, 0.25) is 0 Å². The Bertz CT molecular complexity index is 861. The Morgan fingerprint density at radius 3 is 2.26 bits per heavy atom. The van der Waals surface area contributed by atoms with Gasteiger partial charge >= 0.3 is 5.97 Å². The molecule has 142 valence electrons. The fourth-order valence-corrected chi connectivity index (χ4v) is 3.26. The molecule has 3 rings (SSSR count). The lowest BCUT2D eigenvalue weighted by Gasteiger charge is -2.30. The molecule has 7 heteroatoms. The quantitative estimate of drug-likeness (QED) is 0.861. The second-order valence-corrected chi connectivity index (χ2v) is 6.76. The molecule has 0 aliphatic carbocycles. The Kier molecular flexibility index (Phi) is 5.30. The van der Waals surface area contributed by atoms with Gasteiger partial charge in [0, 0.05) is 24.3 Å². The van der Waals surface area contributed by atoms with Crippen LogP contribution in [0, 0.1) is 19.8 Å². The monoisotopic (exact) mass is 370 g/mol. The third-order valence-electron chi connectivity index (χ3n) is 4.81. The van der Waals surface area contributed by atoms with E-state index in [2.05, 4.69) is 5.32 Å². The summed E-state index contributed by atoms with van der Waals surface area (Å²) in [7, 11) is 0. The molecule has 0 unspecified atom stereocenters. The largest absolute Gasteiger partial charge is 0.481 e. The number of nitrogens with zero attached hydrogens (tertiary/aromatic N) is 1. The van der Waals surface area contributed by atoms with Crippen molar-refractivity contribution in [3.8, 4) is 0 Å². The maximum absolute atomic E-state index is 12.6. The smallest absolute Gasteiger partial charge is 0.306 e. The highest BCUT2D eigenvalue weighted by Crippen LogP contribution is 2.21. The van der Waals surface area contributed by atoms with Crippen LogP contribution in [0.15, 0.2) is 34.7 Å². The van der Waals surface area contributed by atoms with Gasteiger partial charge in [-0.2, -0.15) is 0 Å². The molecule has 0 radical (unpaired) electrons. The fraction of sp³-hybridized carbons (Fsp3) is 0.350. The summed E-state index contributed by atoms with van der Waals surface area (Å²) < 4.78 is 5.37. The fourth-order valence-electron chi connectivity index (χ4n) is 3.26. The lowest BCUT2D eigenvalue weighted by molar-refractivity contribution is -0.143. The highest BCUT2D eigenvalue weighted by Gasteiger charge is 2.27. The van der Waals surface area contributed by atoms with Gasteiger partial charge in [0.05, 0.1) is 11.5 Å². The number of aliphatic carboxylic acids is 1. The minimum atomic E-state index is -0.801. The van der Waals surface area contributed by atoms with Crippen molar-refractivity contribution in [2.24, 2.45) is 5.92 Å². The number of furan rings is 1. The van der Waals surface area contributed by atoms with E-state index in [1.807, 2.05) is 0 Å². The number of likely N-dealkylation sites (tertiary alicyclic amines) is 1. The summed E-state index contributed by atoms with van der Waals surface area (Å²) in [6.07, 6.45) is 0.942. The number of hydrogen-bond donors (Lipinski definition) is 2. The zero-order valence-corrected chi connectivity index (χ0v) is 15.3. The van der Waals surface area contributed by atoms with Crippen molar-refractivity contribution in [1.29, 1.82) is 0 Å². The van der Waals surface area contributed by atoms with Crippen LogP contribution in [0.5, 0.6) is 0 Å². The van der Waals surface area contributed by atoms with E-state index in [4.69, 9.17) is 9.52 Å². The molecular weight excluding hydrogens is 348 g/mol. The van der Waals surface area contributed by atoms with Crippen molar-refractivity contribution in [2.45, 2.75) is 26.7 Å². The van der Waals surface area contributed by atoms with Crippen molar-refractivity contribution in [3.63, 3.8) is 0 Å². The molecule has 1 aromatic heterocycles. The van der Waals surface area contributed by atoms with Gasteiger partial charge in [0.1, 0.15) is 11.5 Å². The minimum absolute atomic E-state index is 0.127. The summed E-state index contributed by atoms with van der Waals surface area (Å²) in [6.45, 7) is 4.39. The Morgan fingerprint density at radius 2 is 1.74 bits per heavy atom. The van der Waals surface area contributed by atoms with Gasteiger partial charge in [-0.05, 0) is 57.0 Å². The first-order valence-electron chi connectivity index (χ1n) is 8.85. The highest BCUT2D eigenvalue weighted by molar-refractivity contribution is 6.05. The Morgan fingerprint density at radius 1 is 1.11 bits per heavy atom. The molecule has 1 aromatic carbocycles. The topological polar surface area (TPSA) is 99.9 Å². The average molecular weight is 370 g/mol. The molecule has 0 atom stereocenters. The summed E-state index contributed by atoms with van der Waals surface area (Å²) in [4.78, 5) is 37.5. The van der Waals surface area contributed by atoms with Gasteiger partial charge in [-0.3, -0.25) is 14.4 Å². The number of piperidine rings is 1. The van der Waals surface area contributed by atoms with Gasteiger partial charge in [0.25, 0.3) is 11.8 Å². The molecule has 2 aromatic rings. The molecule has 2 N–H and O–H groups in total. The van der Waals surface area contributed by atoms with Gasteiger partial charge in [-0.15, -0.1) is 0 Å². The van der Waals surface area contributed by atoms with Crippen LogP contribution < -0.4 is 5.32 Å². The number of benzene rings is 1. The molecule has 0 bridgehead atoms. The van der Waals surface area contributed by atoms with E-state index >= 15 is 0 Å². The summed E-state index contributed by atoms with van der Waals surface area (Å²) in [6, 6.07) is 8.36. The summed E-state index contributed by atoms with van der Waals surface area (Å²) in [5.74, 6) is -0.337. The van der Waals surface area contributed by atoms with Crippen LogP contribution in [0.3, 0.4) is 0 Å². The van der Waals surface area contributed by atoms with Gasteiger partial charge in [0.15, 0.2) is 0 Å². The van der Waals surface area contributed by atoms with Crippen molar-refractivity contribution in [1.82, 2.24) is 4.90 Å². The second kappa shape index (κ2) is 7.65. The molecule has 27 heavy (non-hydrogen) atoms. The average Bonchev–Trinajstić information content (AvgIpc) is 3.00. The Hall–Kier alpha value is -3.09. The number of nitrogens with one attached hydrogen (secondary N) is 1. The third kappa shape index (κ3) is 4.19. The Balaban J connectivity index is 1.62. The highest BCUT2D eigenvalue weighted by atomic mass is 16.4. The first-order chi connectivity index (χ1) is 12.8. The number of hydrogen-bond acceptors (Lipinski definition) is 4. The lowest BCUT2D eigenvalue weighted by Crippen LogP contribution is -2.40. The van der Waals surface area contributed by atoms with E-state index in [0.717, 1.165) is 0 Å². The number of amides is 2. The van der Waals surface area contributed by atoms with Crippen molar-refractivity contribution >= 4 is 23.5 Å². The number of carbonyl (C=O) groups excluding carboxylic acids is 2. The maximum atomic E-state index is 12.6. The van der Waals surface area contributed by atoms with E-state index in [-0.39, 0.29) is 17.7 Å². The molecule has 0 spiro atoms. The number of aryl methyl sites for hydroxylation is 2. The van der Waals surface area contributed by atoms with Crippen LogP contribution in [0.4, 0.5) is 5.69 Å². The van der Waals surface area contributed by atoms with Crippen LogP contribution in [0.25, 0.3) is 0 Å². The predicted octanol–water partition coefficient (Wildman–Crippen LogP) is 3.09. The molecule has 1 aliphatic rings. The summed E-state index contributed by atoms with van der Waals surface area (Å²) >= 11 is 0. The van der Waals surface area contributed by atoms with E-state index in [9.17, 15) is 14.4 Å². The van der Waals surface area contributed by atoms with Crippen LogP contribution in [-0.2, 0) is 4.79 Å². The van der Waals surface area contributed by atoms with E-state index < -0.39 is 5.97 Å². The normalized spacial score (nSPS) is 14.8. The van der Waals surface area contributed by atoms with Crippen molar-refractivity contribution in [3.05, 3.63) is 53.0 Å². The SMILES string of the molecule is Cc1cc(C(=O)Nc2ccc(C(=O)N3CCC(C(=O)O)CC3)cc2)c(C)o1. The molecule has 2 amide bonds. The molecule has 7 nitrogen and oxygen atoms in total. The number of carboxylic acid groups (broad SMARTS) is 1. The standard InChI is InChI=1S/C20H22N2O5/c1-12-11-17(13(2)27-12)18(23)21-16-5-3-14(4-6-16)19(24)22-9-7-15(8-10-22)20(25)26/h3-6,11,15H,7-10H2,1-2H3,(H,21,23)(H,25,26). The molecule has 0 saturated carbocycles. The third-order valence-corrected chi connectivity index (χ3v) is 4.81. The first kappa shape index (κ1) is 18.7. The number of rotatable bonds is 4. The van der Waals surface area contributed by atoms with Crippen LogP contribution in [-0.4, -0.2) is 40.9 Å². The first-order valence-corrected chi connectivity index (χ1v) is 8.85. The van der Waals surface area contributed by atoms with E-state index in [1.54, 1.807) is 49.1 Å². The Labute approximate surface area is 157 Å². The van der Waals surface area contributed by atoms with E-state index in [1.165, 1.54) is 0 Å². The molecule has 2 heterocycles.